The molecule has 15 nitrogen and oxygen atoms in total. The number of nitrogens with zero attached hydrogens (tertiary/aromatic N) is 5. The number of nitro benzene ring substituents is 2. The molecule has 4 amide bonds. The maximum Gasteiger partial charge on any atom is 0.322 e. The van der Waals surface area contributed by atoms with E-state index in [9.17, 15) is 29.8 Å². The van der Waals surface area contributed by atoms with Crippen molar-refractivity contribution in [3.63, 3.8) is 0 Å². The van der Waals surface area contributed by atoms with Crippen LogP contribution in [0.15, 0.2) is 163 Å². The Morgan fingerprint density at radius 3 is 1.32 bits per heavy atom. The third-order valence-electron chi connectivity index (χ3n) is 9.62. The van der Waals surface area contributed by atoms with Crippen molar-refractivity contribution >= 4 is 46.1 Å². The number of carbonyl (C=O) groups excluding carboxylic acids is 2. The van der Waals surface area contributed by atoms with E-state index in [1.54, 1.807) is 34.1 Å². The van der Waals surface area contributed by atoms with Gasteiger partial charge in [-0.05, 0) is 83.9 Å². The first kappa shape index (κ1) is 43.0. The largest absolute Gasteiger partial charge is 0.457 e. The van der Waals surface area contributed by atoms with Crippen LogP contribution in [0.3, 0.4) is 0 Å². The van der Waals surface area contributed by atoms with Crippen LogP contribution in [0.2, 0.25) is 0 Å². The fourth-order valence-electron chi connectivity index (χ4n) is 6.32. The van der Waals surface area contributed by atoms with Crippen molar-refractivity contribution in [2.45, 2.75) is 25.9 Å². The first-order valence-electron chi connectivity index (χ1n) is 19.8. The topological polar surface area (TPSA) is 182 Å². The molecule has 318 valence electrons. The van der Waals surface area contributed by atoms with Gasteiger partial charge >= 0.3 is 12.1 Å². The molecule has 6 aromatic carbocycles. The highest BCUT2D eigenvalue weighted by atomic mass is 32.1. The fraction of sp³-hybridized carbons (Fsp3) is 0.128. The molecule has 0 saturated carbocycles. The van der Waals surface area contributed by atoms with E-state index in [1.807, 2.05) is 90.3 Å². The molecule has 16 heteroatoms. The Kier molecular flexibility index (Phi) is 14.3. The number of aromatic nitrogens is 1. The zero-order valence-electron chi connectivity index (χ0n) is 33.7. The van der Waals surface area contributed by atoms with Crippen LogP contribution in [0.1, 0.15) is 21.8 Å². The molecule has 1 heterocycles. The highest BCUT2D eigenvalue weighted by molar-refractivity contribution is 7.09. The molecule has 0 spiro atoms. The van der Waals surface area contributed by atoms with E-state index in [-0.39, 0.29) is 23.4 Å². The number of anilines is 2. The van der Waals surface area contributed by atoms with Crippen molar-refractivity contribution in [2.75, 3.05) is 23.7 Å². The Morgan fingerprint density at radius 2 is 0.921 bits per heavy atom. The van der Waals surface area contributed by atoms with Crippen molar-refractivity contribution in [1.82, 2.24) is 14.8 Å². The molecular weight excluding hydrogens is 823 g/mol. The van der Waals surface area contributed by atoms with Gasteiger partial charge in [0.15, 0.2) is 0 Å². The summed E-state index contributed by atoms with van der Waals surface area (Å²) in [5, 5.41) is 30.8. The van der Waals surface area contributed by atoms with Gasteiger partial charge < -0.3 is 29.9 Å². The van der Waals surface area contributed by atoms with Crippen LogP contribution in [-0.2, 0) is 25.9 Å². The Morgan fingerprint density at radius 1 is 0.540 bits per heavy atom. The predicted molar refractivity (Wildman–Crippen MR) is 240 cm³/mol. The van der Waals surface area contributed by atoms with Crippen molar-refractivity contribution in [1.29, 1.82) is 0 Å². The summed E-state index contributed by atoms with van der Waals surface area (Å²) in [5.41, 5.74) is 3.85. The van der Waals surface area contributed by atoms with Gasteiger partial charge in [-0.3, -0.25) is 20.2 Å². The third kappa shape index (κ3) is 12.7. The maximum atomic E-state index is 13.6. The SMILES string of the molecule is O=C(Nc1ccccc1)N(CCc1csc(CCN(Cc2ccc(Oc3ccc([N+](=O)[O-])cc3)cc2)C(=O)Nc2ccccc2)n1)Cc1ccc(Oc2ccc([N+](=O)[O-])cc2)cc1. The first-order chi connectivity index (χ1) is 30.6. The van der Waals surface area contributed by atoms with Gasteiger partial charge in [-0.2, -0.15) is 0 Å². The molecule has 0 aliphatic heterocycles. The van der Waals surface area contributed by atoms with E-state index in [4.69, 9.17) is 14.5 Å². The zero-order valence-corrected chi connectivity index (χ0v) is 34.6. The number of ether oxygens (including phenoxy) is 2. The quantitative estimate of drug-likeness (QED) is 0.0626. The lowest BCUT2D eigenvalue weighted by Gasteiger charge is -2.23. The minimum absolute atomic E-state index is 0.0252. The molecule has 0 fully saturated rings. The number of hydrogen-bond donors (Lipinski definition) is 2. The molecule has 2 N–H and O–H groups in total. The molecule has 0 radical (unpaired) electrons. The molecule has 0 bridgehead atoms. The Bertz CT molecular complexity index is 2430. The Hall–Kier alpha value is -8.11. The minimum Gasteiger partial charge on any atom is -0.457 e. The fourth-order valence-corrected chi connectivity index (χ4v) is 7.14. The van der Waals surface area contributed by atoms with Gasteiger partial charge in [0.05, 0.1) is 20.5 Å². The zero-order chi connectivity index (χ0) is 44.0. The average Bonchev–Trinajstić information content (AvgIpc) is 3.76. The highest BCUT2D eigenvalue weighted by Crippen LogP contribution is 2.27. The van der Waals surface area contributed by atoms with E-state index < -0.39 is 9.85 Å². The molecule has 1 aromatic heterocycles. The number of para-hydroxylation sites is 2. The summed E-state index contributed by atoms with van der Waals surface area (Å²) in [6.45, 7) is 1.37. The number of rotatable bonds is 18. The van der Waals surface area contributed by atoms with Crippen LogP contribution >= 0.6 is 11.3 Å². The second-order valence-corrected chi connectivity index (χ2v) is 15.1. The molecule has 7 aromatic rings. The lowest BCUT2D eigenvalue weighted by Crippen LogP contribution is -2.36. The van der Waals surface area contributed by atoms with Crippen LogP contribution in [0.4, 0.5) is 32.3 Å². The summed E-state index contributed by atoms with van der Waals surface area (Å²) in [7, 11) is 0. The monoisotopic (exact) mass is 863 g/mol. The lowest BCUT2D eigenvalue weighted by atomic mass is 10.2. The summed E-state index contributed by atoms with van der Waals surface area (Å²) < 4.78 is 11.7. The number of urea groups is 2. The number of benzene rings is 6. The van der Waals surface area contributed by atoms with Gasteiger partial charge in [0, 0.05) is 80.0 Å². The van der Waals surface area contributed by atoms with Crippen LogP contribution in [0, 0.1) is 20.2 Å². The van der Waals surface area contributed by atoms with E-state index in [2.05, 4.69) is 10.6 Å². The standard InChI is InChI=1S/C47H41N7O8S/c55-46(49-36-7-3-1-4-8-36)51(31-34-11-19-41(20-12-34)61-43-23-15-39(16-24-43)53(57)58)29-27-38-33-63-45(48-38)28-30-52(47(56)50-37-9-5-2-6-10-37)32-35-13-21-42(22-14-35)62-44-25-17-40(18-26-44)54(59)60/h1-26,33H,27-32H2,(H,49,55)(H,50,56). The number of amides is 4. The number of carbonyl (C=O) groups is 2. The van der Waals surface area contributed by atoms with Gasteiger partial charge in [-0.25, -0.2) is 14.6 Å². The van der Waals surface area contributed by atoms with Crippen LogP contribution < -0.4 is 20.1 Å². The van der Waals surface area contributed by atoms with Gasteiger partial charge in [0.2, 0.25) is 0 Å². The number of nitrogens with one attached hydrogen (secondary N) is 2. The second kappa shape index (κ2) is 20.9. The van der Waals surface area contributed by atoms with E-state index >= 15 is 0 Å². The summed E-state index contributed by atoms with van der Waals surface area (Å²) in [5.74, 6) is 2.01. The molecule has 0 aliphatic carbocycles. The predicted octanol–water partition coefficient (Wildman–Crippen LogP) is 11.1. The molecule has 7 rings (SSSR count). The summed E-state index contributed by atoms with van der Waals surface area (Å²) in [6.07, 6.45) is 0.993. The molecule has 0 unspecified atom stereocenters. The molecule has 0 aliphatic rings. The molecular formula is C47H41N7O8S. The van der Waals surface area contributed by atoms with Gasteiger partial charge in [-0.15, -0.1) is 11.3 Å². The summed E-state index contributed by atoms with van der Waals surface area (Å²) in [6, 6.07) is 44.2. The van der Waals surface area contributed by atoms with Crippen LogP contribution in [-0.4, -0.2) is 49.8 Å². The number of non-ortho nitro benzene ring substituents is 2. The summed E-state index contributed by atoms with van der Waals surface area (Å²) in [4.78, 5) is 56.7. The minimum atomic E-state index is -0.466. The number of nitro groups is 2. The van der Waals surface area contributed by atoms with Crippen LogP contribution in [0.25, 0.3) is 0 Å². The van der Waals surface area contributed by atoms with Gasteiger partial charge in [0.25, 0.3) is 11.4 Å². The van der Waals surface area contributed by atoms with E-state index in [0.29, 0.717) is 73.4 Å². The van der Waals surface area contributed by atoms with Crippen molar-refractivity contribution in [3.05, 3.63) is 205 Å². The number of thiazole rings is 1. The second-order valence-electron chi connectivity index (χ2n) is 14.2. The van der Waals surface area contributed by atoms with E-state index in [1.165, 1.54) is 59.9 Å². The van der Waals surface area contributed by atoms with Crippen molar-refractivity contribution < 1.29 is 28.9 Å². The van der Waals surface area contributed by atoms with Crippen molar-refractivity contribution in [3.8, 4) is 23.0 Å². The summed E-state index contributed by atoms with van der Waals surface area (Å²) >= 11 is 1.50. The first-order valence-corrected chi connectivity index (χ1v) is 20.7. The smallest absolute Gasteiger partial charge is 0.322 e. The van der Waals surface area contributed by atoms with E-state index in [0.717, 1.165) is 21.8 Å². The van der Waals surface area contributed by atoms with Gasteiger partial charge in [0.1, 0.15) is 23.0 Å². The van der Waals surface area contributed by atoms with Gasteiger partial charge in [-0.1, -0.05) is 60.7 Å². The maximum absolute atomic E-state index is 13.6. The third-order valence-corrected chi connectivity index (χ3v) is 10.6. The molecule has 63 heavy (non-hydrogen) atoms. The molecule has 0 saturated heterocycles. The number of hydrogen-bond acceptors (Lipinski definition) is 10. The molecule has 0 atom stereocenters. The van der Waals surface area contributed by atoms with Crippen molar-refractivity contribution in [2.24, 2.45) is 0 Å². The normalized spacial score (nSPS) is 10.7. The van der Waals surface area contributed by atoms with Crippen LogP contribution in [0.5, 0.6) is 23.0 Å². The Labute approximate surface area is 366 Å². The average molecular weight is 864 g/mol. The lowest BCUT2D eigenvalue weighted by molar-refractivity contribution is -0.385. The highest BCUT2D eigenvalue weighted by Gasteiger charge is 2.19. The Balaban J connectivity index is 0.983.